The predicted molar refractivity (Wildman–Crippen MR) is 213 cm³/mol. The second kappa shape index (κ2) is 15.2. The van der Waals surface area contributed by atoms with E-state index in [1.165, 1.54) is 14.0 Å². The summed E-state index contributed by atoms with van der Waals surface area (Å²) in [4.78, 5) is 48.8. The van der Waals surface area contributed by atoms with Crippen LogP contribution in [0, 0.1) is 46.3 Å². The van der Waals surface area contributed by atoms with Gasteiger partial charge in [-0.1, -0.05) is 32.4 Å². The molecule has 3 N–H and O–H groups in total. The van der Waals surface area contributed by atoms with Crippen LogP contribution in [0.3, 0.4) is 0 Å². The SMILES string of the molecule is CC(=O)OCC(=O)[C@@]1(O)CC[C@H]2[C@@H]3C[C@H](C)C4=CC(=O)C=C[C@]4(C)[C@H]3[C@@H](O)C[C@@]21C.COc1cc([C@@H]2c3cc4c(cc3[C@H](O)[C@H]3COC(=O)[C@H]23)OCO4)cc(OC)c1OC. The molecule has 9 rings (SSSR count). The highest BCUT2D eigenvalue weighted by Gasteiger charge is 2.68. The Bertz CT molecular complexity index is 2150. The Morgan fingerprint density at radius 2 is 1.58 bits per heavy atom. The molecule has 2 heterocycles. The minimum Gasteiger partial charge on any atom is -0.493 e. The number of fused-ring (bicyclic) bond motifs is 8. The maximum absolute atomic E-state index is 12.9. The summed E-state index contributed by atoms with van der Waals surface area (Å²) in [6, 6.07) is 7.31. The first-order valence-electron chi connectivity index (χ1n) is 20.6. The molecule has 322 valence electrons. The van der Waals surface area contributed by atoms with Crippen molar-refractivity contribution in [3.05, 3.63) is 64.8 Å². The summed E-state index contributed by atoms with van der Waals surface area (Å²) in [6.07, 6.45) is 5.87. The number of methoxy groups -OCH3 is 3. The summed E-state index contributed by atoms with van der Waals surface area (Å²) >= 11 is 0. The van der Waals surface area contributed by atoms with E-state index in [4.69, 9.17) is 33.2 Å². The van der Waals surface area contributed by atoms with Crippen molar-refractivity contribution in [2.24, 2.45) is 46.3 Å². The second-order valence-electron chi connectivity index (χ2n) is 17.9. The number of allylic oxidation sites excluding steroid dienone is 4. The summed E-state index contributed by atoms with van der Waals surface area (Å²) in [5.41, 5.74) is 0.579. The zero-order valence-electron chi connectivity index (χ0n) is 35.0. The first kappa shape index (κ1) is 41.8. The average Bonchev–Trinajstić information content (AvgIpc) is 3.92. The number of esters is 2. The number of ether oxygens (including phenoxy) is 7. The molecule has 1 saturated heterocycles. The number of rotatable bonds is 7. The number of carbonyl (C=O) groups is 4. The number of hydrogen-bond acceptors (Lipinski definition) is 14. The smallest absolute Gasteiger partial charge is 0.310 e. The Hall–Kier alpha value is -4.92. The average molecular weight is 831 g/mol. The summed E-state index contributed by atoms with van der Waals surface area (Å²) in [6.45, 7) is 7.23. The summed E-state index contributed by atoms with van der Waals surface area (Å²) < 4.78 is 37.8. The van der Waals surface area contributed by atoms with Crippen molar-refractivity contribution in [3.63, 3.8) is 0 Å². The van der Waals surface area contributed by atoms with Crippen LogP contribution in [0.5, 0.6) is 28.7 Å². The Kier molecular flexibility index (Phi) is 10.6. The van der Waals surface area contributed by atoms with Gasteiger partial charge in [0.1, 0.15) is 5.60 Å². The molecule has 0 radical (unpaired) electrons. The van der Waals surface area contributed by atoms with E-state index in [1.54, 1.807) is 32.4 Å². The topological polar surface area (TPSA) is 194 Å². The zero-order chi connectivity index (χ0) is 43.1. The number of aliphatic hydroxyl groups is 3. The molecule has 7 aliphatic rings. The molecule has 60 heavy (non-hydrogen) atoms. The molecule has 14 heteroatoms. The quantitative estimate of drug-likeness (QED) is 0.323. The van der Waals surface area contributed by atoms with Gasteiger partial charge in [0, 0.05) is 35.5 Å². The molecule has 0 amide bonds. The third-order valence-electron chi connectivity index (χ3n) is 15.0. The fraction of sp³-hybridized carbons (Fsp3) is 0.565. The van der Waals surface area contributed by atoms with Crippen molar-refractivity contribution in [3.8, 4) is 28.7 Å². The first-order chi connectivity index (χ1) is 28.5. The van der Waals surface area contributed by atoms with E-state index < -0.39 is 52.9 Å². The van der Waals surface area contributed by atoms with Crippen LogP contribution >= 0.6 is 0 Å². The van der Waals surface area contributed by atoms with Gasteiger partial charge in [0.25, 0.3) is 0 Å². The number of ketones is 2. The molecule has 0 unspecified atom stereocenters. The summed E-state index contributed by atoms with van der Waals surface area (Å²) in [5.74, 6) is 0.277. The zero-order valence-corrected chi connectivity index (χ0v) is 35.0. The highest BCUT2D eigenvalue weighted by atomic mass is 16.7. The molecule has 12 atom stereocenters. The lowest BCUT2D eigenvalue weighted by molar-refractivity contribution is -0.182. The number of hydrogen-bond donors (Lipinski definition) is 3. The van der Waals surface area contributed by atoms with E-state index in [9.17, 15) is 34.5 Å². The van der Waals surface area contributed by atoms with Crippen LogP contribution in [0.2, 0.25) is 0 Å². The van der Waals surface area contributed by atoms with Gasteiger partial charge in [-0.05, 0) is 96.5 Å². The highest BCUT2D eigenvalue weighted by molar-refractivity contribution is 6.01. The van der Waals surface area contributed by atoms with Crippen LogP contribution in [0.25, 0.3) is 0 Å². The van der Waals surface area contributed by atoms with E-state index >= 15 is 0 Å². The molecule has 2 aromatic carbocycles. The van der Waals surface area contributed by atoms with Crippen LogP contribution in [-0.4, -0.2) is 91.9 Å². The number of cyclic esters (lactones) is 1. The standard InChI is InChI=1S/C24H32O6.C22H22O8/c1-13-9-16-17-6-8-24(29,20(28)12-30-14(2)25)23(17,4)11-19(27)21(16)22(3)7-5-15(26)10-18(13)22;1-25-16-4-10(5-17(26-2)21(16)27-3)18-11-6-14-15(30-9-29-14)7-12(11)20(23)13-8-28-22(24)19(13)18/h5,7,10,13,16-17,19,21,27,29H,6,8-9,11-12H2,1-4H3;4-7,13,18-20,23H,8-9H2,1-3H3/t13-,16-,17-,19-,21+,22-,23-,24-;13-,18+,19-,20-/m00/s1. The Balaban J connectivity index is 0.000000166. The minimum absolute atomic E-state index is 0.00535. The minimum atomic E-state index is -1.61. The Morgan fingerprint density at radius 1 is 0.917 bits per heavy atom. The van der Waals surface area contributed by atoms with Crippen molar-refractivity contribution < 1.29 is 67.7 Å². The van der Waals surface area contributed by atoms with Crippen LogP contribution < -0.4 is 23.7 Å². The number of benzene rings is 2. The van der Waals surface area contributed by atoms with Gasteiger partial charge in [-0.3, -0.25) is 19.2 Å². The number of Topliss-reactive ketones (excluding diaryl/α,β-unsaturated/α-hetero) is 1. The van der Waals surface area contributed by atoms with Gasteiger partial charge in [-0.2, -0.15) is 0 Å². The Labute approximate surface area is 348 Å². The van der Waals surface area contributed by atoms with Gasteiger partial charge in [0.05, 0.1) is 46.1 Å². The highest BCUT2D eigenvalue weighted by Crippen LogP contribution is 2.68. The van der Waals surface area contributed by atoms with E-state index in [0.717, 1.165) is 23.1 Å². The van der Waals surface area contributed by atoms with Crippen LogP contribution in [-0.2, 0) is 28.7 Å². The molecule has 2 aromatic rings. The normalized spacial score (nSPS) is 36.5. The molecule has 14 nitrogen and oxygen atoms in total. The van der Waals surface area contributed by atoms with Gasteiger partial charge >= 0.3 is 11.9 Å². The number of aliphatic hydroxyl groups excluding tert-OH is 2. The maximum Gasteiger partial charge on any atom is 0.310 e. The van der Waals surface area contributed by atoms with E-state index in [0.29, 0.717) is 53.6 Å². The molecular weight excluding hydrogens is 776 g/mol. The molecule has 5 aliphatic carbocycles. The fourth-order valence-electron chi connectivity index (χ4n) is 12.3. The molecular formula is C46H54O14. The van der Waals surface area contributed by atoms with E-state index in [2.05, 4.69) is 13.8 Å². The van der Waals surface area contributed by atoms with Crippen molar-refractivity contribution in [1.82, 2.24) is 0 Å². The molecule has 0 aromatic heterocycles. The van der Waals surface area contributed by atoms with Gasteiger partial charge in [0.2, 0.25) is 18.3 Å². The van der Waals surface area contributed by atoms with Crippen LogP contribution in [0.1, 0.15) is 82.1 Å². The Morgan fingerprint density at radius 3 is 2.22 bits per heavy atom. The molecule has 0 bridgehead atoms. The van der Waals surface area contributed by atoms with E-state index in [-0.39, 0.29) is 60.7 Å². The fourth-order valence-corrected chi connectivity index (χ4v) is 12.3. The van der Waals surface area contributed by atoms with Crippen molar-refractivity contribution in [2.75, 3.05) is 41.3 Å². The molecule has 3 saturated carbocycles. The van der Waals surface area contributed by atoms with Gasteiger partial charge in [-0.15, -0.1) is 0 Å². The lowest BCUT2D eigenvalue weighted by atomic mass is 9.45. The van der Waals surface area contributed by atoms with Gasteiger partial charge in [0.15, 0.2) is 35.4 Å². The monoisotopic (exact) mass is 830 g/mol. The lowest BCUT2D eigenvalue weighted by Gasteiger charge is -2.60. The first-order valence-corrected chi connectivity index (χ1v) is 20.6. The summed E-state index contributed by atoms with van der Waals surface area (Å²) in [7, 11) is 4.63. The largest absolute Gasteiger partial charge is 0.493 e. The third kappa shape index (κ3) is 6.31. The lowest BCUT2D eigenvalue weighted by Crippen LogP contribution is -2.62. The summed E-state index contributed by atoms with van der Waals surface area (Å²) in [5, 5.41) is 33.9. The van der Waals surface area contributed by atoms with E-state index in [1.807, 2.05) is 31.2 Å². The molecule has 2 aliphatic heterocycles. The van der Waals surface area contributed by atoms with Gasteiger partial charge < -0.3 is 48.5 Å². The van der Waals surface area contributed by atoms with Crippen LogP contribution in [0.15, 0.2) is 48.1 Å². The van der Waals surface area contributed by atoms with Crippen molar-refractivity contribution >= 4 is 23.5 Å². The molecule has 0 spiro atoms. The van der Waals surface area contributed by atoms with Crippen LogP contribution in [0.4, 0.5) is 0 Å². The van der Waals surface area contributed by atoms with Crippen molar-refractivity contribution in [1.29, 1.82) is 0 Å². The second-order valence-corrected chi connectivity index (χ2v) is 17.9. The third-order valence-corrected chi connectivity index (χ3v) is 15.0. The van der Waals surface area contributed by atoms with Gasteiger partial charge in [-0.25, -0.2) is 0 Å². The number of carbonyl (C=O) groups excluding carboxylic acids is 4. The van der Waals surface area contributed by atoms with Crippen molar-refractivity contribution in [2.45, 2.75) is 77.1 Å². The maximum atomic E-state index is 12.9. The predicted octanol–water partition coefficient (Wildman–Crippen LogP) is 4.78. The molecule has 4 fully saturated rings.